The normalized spacial score (nSPS) is 10.1. The van der Waals surface area contributed by atoms with Crippen LogP contribution in [0.4, 0.5) is 5.69 Å². The maximum absolute atomic E-state index is 11.3. The summed E-state index contributed by atoms with van der Waals surface area (Å²) in [6.07, 6.45) is 2.63. The summed E-state index contributed by atoms with van der Waals surface area (Å²) in [6.45, 7) is 0. The second kappa shape index (κ2) is 3.41. The lowest BCUT2D eigenvalue weighted by atomic mass is 10.2. The number of hydrogen-bond donors (Lipinski definition) is 3. The van der Waals surface area contributed by atoms with Crippen LogP contribution in [0, 0.1) is 0 Å². The second-order valence-electron chi connectivity index (χ2n) is 2.87. The highest BCUT2D eigenvalue weighted by molar-refractivity contribution is 5.87. The number of nitrogens with one attached hydrogen (secondary N) is 1. The number of aromatic nitrogens is 2. The average Bonchev–Trinajstić information content (AvgIpc) is 2.71. The van der Waals surface area contributed by atoms with Crippen LogP contribution in [0.1, 0.15) is 5.56 Å². The predicted molar refractivity (Wildman–Crippen MR) is 54.1 cm³/mol. The van der Waals surface area contributed by atoms with E-state index in [0.29, 0.717) is 11.5 Å². The minimum atomic E-state index is -0.426. The zero-order valence-corrected chi connectivity index (χ0v) is 7.73. The van der Waals surface area contributed by atoms with Gasteiger partial charge in [0.2, 0.25) is 0 Å². The Morgan fingerprint density at radius 2 is 2.40 bits per heavy atom. The molecule has 0 aromatic carbocycles. The quantitative estimate of drug-likeness (QED) is 0.534. The summed E-state index contributed by atoms with van der Waals surface area (Å²) in [6, 6.07) is 3.39. The highest BCUT2D eigenvalue weighted by Crippen LogP contribution is 2.23. The lowest BCUT2D eigenvalue weighted by Gasteiger charge is -2.01. The molecular weight excluding hydrogens is 196 g/mol. The van der Waals surface area contributed by atoms with Crippen molar-refractivity contribution in [1.29, 1.82) is 0 Å². The molecular formula is C9H9N4O2+. The first-order valence-electron chi connectivity index (χ1n) is 4.21. The monoisotopic (exact) mass is 205 g/mol. The second-order valence-corrected chi connectivity index (χ2v) is 2.87. The number of furan rings is 1. The topological polar surface area (TPSA) is 110 Å². The number of aromatic amines is 1. The first kappa shape index (κ1) is 9.20. The SMILES string of the molecule is Nc1c(-c2ccco2)n[nH]c(=O)c1C=[NH2+]. The van der Waals surface area contributed by atoms with Gasteiger partial charge < -0.3 is 10.2 Å². The van der Waals surface area contributed by atoms with Crippen molar-refractivity contribution < 1.29 is 9.83 Å². The molecule has 0 fully saturated rings. The molecule has 2 rings (SSSR count). The van der Waals surface area contributed by atoms with Gasteiger partial charge in [-0.3, -0.25) is 10.2 Å². The molecule has 0 bridgehead atoms. The summed E-state index contributed by atoms with van der Waals surface area (Å²) < 4.78 is 5.12. The Kier molecular flexibility index (Phi) is 2.09. The van der Waals surface area contributed by atoms with E-state index in [2.05, 4.69) is 10.2 Å². The van der Waals surface area contributed by atoms with Gasteiger partial charge in [-0.2, -0.15) is 5.10 Å². The van der Waals surface area contributed by atoms with Crippen LogP contribution in [0.2, 0.25) is 0 Å². The predicted octanol–water partition coefficient (Wildman–Crippen LogP) is -1.21. The molecule has 15 heavy (non-hydrogen) atoms. The van der Waals surface area contributed by atoms with Gasteiger partial charge in [0.1, 0.15) is 11.3 Å². The minimum Gasteiger partial charge on any atom is -0.463 e. The number of nitrogen functional groups attached to an aromatic ring is 1. The van der Waals surface area contributed by atoms with Gasteiger partial charge in [0.15, 0.2) is 12.0 Å². The molecule has 0 saturated heterocycles. The third-order valence-electron chi connectivity index (χ3n) is 1.98. The highest BCUT2D eigenvalue weighted by atomic mass is 16.3. The molecule has 0 aliphatic heterocycles. The maximum atomic E-state index is 11.3. The van der Waals surface area contributed by atoms with E-state index in [4.69, 9.17) is 15.6 Å². The molecule has 0 unspecified atom stereocenters. The third-order valence-corrected chi connectivity index (χ3v) is 1.98. The van der Waals surface area contributed by atoms with Gasteiger partial charge in [0.05, 0.1) is 12.0 Å². The van der Waals surface area contributed by atoms with E-state index in [9.17, 15) is 4.79 Å². The summed E-state index contributed by atoms with van der Waals surface area (Å²) in [4.78, 5) is 11.3. The highest BCUT2D eigenvalue weighted by Gasteiger charge is 2.14. The van der Waals surface area contributed by atoms with Crippen molar-refractivity contribution in [1.82, 2.24) is 10.2 Å². The number of hydrogen-bond acceptors (Lipinski definition) is 4. The number of nitrogens with two attached hydrogens (primary N) is 2. The third kappa shape index (κ3) is 1.41. The summed E-state index contributed by atoms with van der Waals surface area (Å²) in [5.41, 5.74) is 6.07. The zero-order chi connectivity index (χ0) is 10.8. The Labute approximate surface area is 84.2 Å². The van der Waals surface area contributed by atoms with Crippen molar-refractivity contribution in [2.24, 2.45) is 0 Å². The fourth-order valence-corrected chi connectivity index (χ4v) is 1.24. The van der Waals surface area contributed by atoms with Gasteiger partial charge in [-0.15, -0.1) is 0 Å². The maximum Gasteiger partial charge on any atom is 0.279 e. The minimum absolute atomic E-state index is 0.191. The lowest BCUT2D eigenvalue weighted by Crippen LogP contribution is -2.34. The van der Waals surface area contributed by atoms with E-state index in [0.717, 1.165) is 6.21 Å². The number of rotatable bonds is 2. The molecule has 5 N–H and O–H groups in total. The molecule has 2 aromatic heterocycles. The molecule has 0 aliphatic carbocycles. The first-order chi connectivity index (χ1) is 7.24. The fraction of sp³-hybridized carbons (Fsp3) is 0. The molecule has 0 amide bonds. The van der Waals surface area contributed by atoms with Gasteiger partial charge in [0.25, 0.3) is 5.56 Å². The van der Waals surface area contributed by atoms with Crippen LogP contribution in [-0.2, 0) is 0 Å². The molecule has 6 heteroatoms. The van der Waals surface area contributed by atoms with Crippen molar-refractivity contribution in [2.45, 2.75) is 0 Å². The molecule has 0 saturated carbocycles. The van der Waals surface area contributed by atoms with E-state index in [1.165, 1.54) is 6.26 Å². The summed E-state index contributed by atoms with van der Waals surface area (Å²) >= 11 is 0. The van der Waals surface area contributed by atoms with E-state index in [1.54, 1.807) is 12.1 Å². The van der Waals surface area contributed by atoms with Crippen molar-refractivity contribution >= 4 is 11.9 Å². The lowest BCUT2D eigenvalue weighted by molar-refractivity contribution is -0.104. The van der Waals surface area contributed by atoms with Crippen molar-refractivity contribution in [3.63, 3.8) is 0 Å². The van der Waals surface area contributed by atoms with E-state index < -0.39 is 5.56 Å². The first-order valence-corrected chi connectivity index (χ1v) is 4.21. The van der Waals surface area contributed by atoms with Crippen molar-refractivity contribution in [2.75, 3.05) is 5.73 Å². The Morgan fingerprint density at radius 1 is 1.60 bits per heavy atom. The van der Waals surface area contributed by atoms with Crippen molar-refractivity contribution in [3.8, 4) is 11.5 Å². The van der Waals surface area contributed by atoms with E-state index >= 15 is 0 Å². The Bertz CT molecular complexity index is 542. The van der Waals surface area contributed by atoms with Gasteiger partial charge in [-0.25, -0.2) is 5.10 Å². The van der Waals surface area contributed by atoms with Gasteiger partial charge in [0, 0.05) is 0 Å². The summed E-state index contributed by atoms with van der Waals surface area (Å²) in [5.74, 6) is 0.479. The van der Waals surface area contributed by atoms with Crippen molar-refractivity contribution in [3.05, 3.63) is 34.3 Å². The van der Waals surface area contributed by atoms with Crippen LogP contribution in [0.15, 0.2) is 27.6 Å². The number of nitrogens with zero attached hydrogens (tertiary/aromatic N) is 1. The molecule has 0 radical (unpaired) electrons. The number of anilines is 1. The zero-order valence-electron chi connectivity index (χ0n) is 7.73. The Hall–Kier alpha value is -2.37. The van der Waals surface area contributed by atoms with Gasteiger partial charge in [-0.05, 0) is 12.1 Å². The van der Waals surface area contributed by atoms with Crippen LogP contribution in [0.5, 0.6) is 0 Å². The largest absolute Gasteiger partial charge is 0.463 e. The van der Waals surface area contributed by atoms with E-state index in [1.807, 2.05) is 0 Å². The molecule has 76 valence electrons. The molecule has 2 aromatic rings. The van der Waals surface area contributed by atoms with Gasteiger partial charge >= 0.3 is 0 Å². The molecule has 0 aliphatic rings. The average molecular weight is 205 g/mol. The molecule has 0 atom stereocenters. The summed E-state index contributed by atoms with van der Waals surface area (Å²) in [7, 11) is 0. The molecule has 2 heterocycles. The Balaban J connectivity index is 2.70. The van der Waals surface area contributed by atoms with Crippen LogP contribution < -0.4 is 16.7 Å². The summed E-state index contributed by atoms with van der Waals surface area (Å²) in [5, 5.41) is 11.4. The van der Waals surface area contributed by atoms with Crippen LogP contribution in [0.3, 0.4) is 0 Å². The van der Waals surface area contributed by atoms with Crippen LogP contribution in [0.25, 0.3) is 11.5 Å². The van der Waals surface area contributed by atoms with Gasteiger partial charge in [-0.1, -0.05) is 0 Å². The number of H-pyrrole nitrogens is 1. The van der Waals surface area contributed by atoms with E-state index in [-0.39, 0.29) is 11.3 Å². The van der Waals surface area contributed by atoms with Crippen LogP contribution in [-0.4, -0.2) is 16.4 Å². The molecule has 6 nitrogen and oxygen atoms in total. The standard InChI is InChI=1S/C9H8N4O2/c10-4-5-7(11)8(12-13-9(5)14)6-2-1-3-15-6/h1-4,10H,(H3,11,13,14)/p+1. The fourth-order valence-electron chi connectivity index (χ4n) is 1.24. The van der Waals surface area contributed by atoms with Crippen LogP contribution >= 0.6 is 0 Å². The Morgan fingerprint density at radius 3 is 3.00 bits per heavy atom. The smallest absolute Gasteiger partial charge is 0.279 e. The molecule has 0 spiro atoms.